The van der Waals surface area contributed by atoms with E-state index in [0.29, 0.717) is 12.5 Å². The van der Waals surface area contributed by atoms with Gasteiger partial charge in [-0.15, -0.1) is 11.3 Å². The lowest BCUT2D eigenvalue weighted by atomic mass is 10.1. The first-order valence-electron chi connectivity index (χ1n) is 6.41. The van der Waals surface area contributed by atoms with Crippen LogP contribution in [0, 0.1) is 0 Å². The smallest absolute Gasteiger partial charge is 0.195 e. The molecule has 2 N–H and O–H groups in total. The van der Waals surface area contributed by atoms with Gasteiger partial charge >= 0.3 is 0 Å². The standard InChI is InChI=1S/C13H17N5S/c1-9(2)10-4-6-18(16-10)12-11(3-5-14)17-7-8-19-13(17)15-12/h4,6-9H,3,5,14H2,1-2H3. The van der Waals surface area contributed by atoms with E-state index in [1.54, 1.807) is 11.3 Å². The van der Waals surface area contributed by atoms with Crippen molar-refractivity contribution in [3.05, 3.63) is 35.2 Å². The van der Waals surface area contributed by atoms with Crippen LogP contribution in [0.15, 0.2) is 23.8 Å². The monoisotopic (exact) mass is 275 g/mol. The maximum atomic E-state index is 5.71. The Kier molecular flexibility index (Phi) is 3.12. The summed E-state index contributed by atoms with van der Waals surface area (Å²) in [5.41, 5.74) is 7.91. The quantitative estimate of drug-likeness (QED) is 0.794. The Bertz CT molecular complexity index is 691. The van der Waals surface area contributed by atoms with E-state index in [1.165, 1.54) is 0 Å². The van der Waals surface area contributed by atoms with E-state index in [0.717, 1.165) is 28.6 Å². The van der Waals surface area contributed by atoms with Crippen molar-refractivity contribution < 1.29 is 0 Å². The van der Waals surface area contributed by atoms with Crippen molar-refractivity contribution >= 4 is 16.3 Å². The first kappa shape index (κ1) is 12.4. The third kappa shape index (κ3) is 2.06. The van der Waals surface area contributed by atoms with E-state index in [4.69, 9.17) is 5.73 Å². The average molecular weight is 275 g/mol. The largest absolute Gasteiger partial charge is 0.330 e. The average Bonchev–Trinajstić information content (AvgIpc) is 3.04. The van der Waals surface area contributed by atoms with Gasteiger partial charge in [0.25, 0.3) is 0 Å². The van der Waals surface area contributed by atoms with Gasteiger partial charge in [0.1, 0.15) is 0 Å². The lowest BCUT2D eigenvalue weighted by Crippen LogP contribution is -2.09. The Morgan fingerprint density at radius 2 is 2.21 bits per heavy atom. The van der Waals surface area contributed by atoms with E-state index in [-0.39, 0.29) is 0 Å². The van der Waals surface area contributed by atoms with Gasteiger partial charge in [0.15, 0.2) is 10.8 Å². The Morgan fingerprint density at radius 3 is 2.89 bits per heavy atom. The van der Waals surface area contributed by atoms with Gasteiger partial charge in [0, 0.05) is 24.2 Å². The van der Waals surface area contributed by atoms with Gasteiger partial charge in [-0.1, -0.05) is 13.8 Å². The lowest BCUT2D eigenvalue weighted by Gasteiger charge is -2.03. The number of nitrogens with zero attached hydrogens (tertiary/aromatic N) is 4. The SMILES string of the molecule is CC(C)c1ccn(-c2nc3sccn3c2CCN)n1. The van der Waals surface area contributed by atoms with E-state index >= 15 is 0 Å². The molecule has 0 saturated heterocycles. The summed E-state index contributed by atoms with van der Waals surface area (Å²) in [5, 5.41) is 6.64. The van der Waals surface area contributed by atoms with E-state index in [9.17, 15) is 0 Å². The molecule has 0 aliphatic rings. The van der Waals surface area contributed by atoms with Crippen molar-refractivity contribution in [2.75, 3.05) is 6.54 Å². The molecule has 0 radical (unpaired) electrons. The number of nitrogens with two attached hydrogens (primary N) is 1. The van der Waals surface area contributed by atoms with Crippen LogP contribution < -0.4 is 5.73 Å². The van der Waals surface area contributed by atoms with Crippen LogP contribution in [0.1, 0.15) is 31.2 Å². The van der Waals surface area contributed by atoms with Crippen LogP contribution in [0.25, 0.3) is 10.8 Å². The molecule has 3 aromatic heterocycles. The van der Waals surface area contributed by atoms with Crippen molar-refractivity contribution in [3.63, 3.8) is 0 Å². The van der Waals surface area contributed by atoms with Crippen LogP contribution in [0.3, 0.4) is 0 Å². The van der Waals surface area contributed by atoms with Crippen molar-refractivity contribution in [3.8, 4) is 5.82 Å². The third-order valence-electron chi connectivity index (χ3n) is 3.14. The van der Waals surface area contributed by atoms with Crippen LogP contribution in [0.4, 0.5) is 0 Å². The molecule has 0 aromatic carbocycles. The Labute approximate surface area is 115 Å². The number of hydrogen-bond acceptors (Lipinski definition) is 4. The second-order valence-electron chi connectivity index (χ2n) is 4.82. The molecule has 6 heteroatoms. The highest BCUT2D eigenvalue weighted by atomic mass is 32.1. The fourth-order valence-corrected chi connectivity index (χ4v) is 2.87. The summed E-state index contributed by atoms with van der Waals surface area (Å²) < 4.78 is 3.96. The van der Waals surface area contributed by atoms with Gasteiger partial charge in [-0.25, -0.2) is 4.68 Å². The van der Waals surface area contributed by atoms with Crippen molar-refractivity contribution in [2.24, 2.45) is 5.73 Å². The van der Waals surface area contributed by atoms with Crippen molar-refractivity contribution in [2.45, 2.75) is 26.2 Å². The van der Waals surface area contributed by atoms with Crippen LogP contribution in [-0.2, 0) is 6.42 Å². The molecule has 0 bridgehead atoms. The molecule has 5 nitrogen and oxygen atoms in total. The van der Waals surface area contributed by atoms with Crippen LogP contribution in [-0.4, -0.2) is 25.7 Å². The molecule has 100 valence electrons. The first-order valence-corrected chi connectivity index (χ1v) is 7.29. The number of rotatable bonds is 4. The molecule has 3 rings (SSSR count). The molecular formula is C13H17N5S. The second kappa shape index (κ2) is 4.79. The second-order valence-corrected chi connectivity index (χ2v) is 5.69. The number of hydrogen-bond donors (Lipinski definition) is 1. The van der Waals surface area contributed by atoms with Gasteiger partial charge < -0.3 is 5.73 Å². The van der Waals surface area contributed by atoms with E-state index < -0.39 is 0 Å². The Morgan fingerprint density at radius 1 is 1.37 bits per heavy atom. The summed E-state index contributed by atoms with van der Waals surface area (Å²) in [7, 11) is 0. The zero-order chi connectivity index (χ0) is 13.4. The fraction of sp³-hybridized carbons (Fsp3) is 0.385. The first-order chi connectivity index (χ1) is 9.20. The molecule has 0 atom stereocenters. The summed E-state index contributed by atoms with van der Waals surface area (Å²) >= 11 is 1.63. The number of imidazole rings is 1. The number of aromatic nitrogens is 4. The summed E-state index contributed by atoms with van der Waals surface area (Å²) in [6.45, 7) is 4.88. The molecule has 0 aliphatic heterocycles. The van der Waals surface area contributed by atoms with Gasteiger partial charge in [0.2, 0.25) is 0 Å². The van der Waals surface area contributed by atoms with E-state index in [1.807, 2.05) is 28.5 Å². The van der Waals surface area contributed by atoms with Gasteiger partial charge in [-0.2, -0.15) is 10.1 Å². The highest BCUT2D eigenvalue weighted by molar-refractivity contribution is 7.15. The van der Waals surface area contributed by atoms with Gasteiger partial charge in [-0.05, 0) is 18.5 Å². The highest BCUT2D eigenvalue weighted by Gasteiger charge is 2.15. The van der Waals surface area contributed by atoms with Crippen LogP contribution in [0.2, 0.25) is 0 Å². The third-order valence-corrected chi connectivity index (χ3v) is 3.90. The summed E-state index contributed by atoms with van der Waals surface area (Å²) in [4.78, 5) is 5.65. The summed E-state index contributed by atoms with van der Waals surface area (Å²) in [5.74, 6) is 1.31. The maximum absolute atomic E-state index is 5.71. The molecule has 0 saturated carbocycles. The molecule has 0 unspecified atom stereocenters. The van der Waals surface area contributed by atoms with E-state index in [2.05, 4.69) is 28.3 Å². The molecule has 3 aromatic rings. The van der Waals surface area contributed by atoms with Crippen LogP contribution >= 0.6 is 11.3 Å². The fourth-order valence-electron chi connectivity index (χ4n) is 2.14. The van der Waals surface area contributed by atoms with Crippen molar-refractivity contribution in [1.29, 1.82) is 0 Å². The van der Waals surface area contributed by atoms with Gasteiger partial charge in [-0.3, -0.25) is 4.40 Å². The topological polar surface area (TPSA) is 61.1 Å². The molecule has 0 aliphatic carbocycles. The molecule has 0 amide bonds. The molecule has 3 heterocycles. The minimum absolute atomic E-state index is 0.419. The summed E-state index contributed by atoms with van der Waals surface area (Å²) in [6.07, 6.45) is 4.81. The van der Waals surface area contributed by atoms with Gasteiger partial charge in [0.05, 0.1) is 11.4 Å². The number of fused-ring (bicyclic) bond motifs is 1. The Balaban J connectivity index is 2.11. The minimum Gasteiger partial charge on any atom is -0.330 e. The normalized spacial score (nSPS) is 11.8. The predicted molar refractivity (Wildman–Crippen MR) is 77.0 cm³/mol. The Hall–Kier alpha value is -1.66. The molecule has 19 heavy (non-hydrogen) atoms. The van der Waals surface area contributed by atoms with Crippen LogP contribution in [0.5, 0.6) is 0 Å². The molecular weight excluding hydrogens is 258 g/mol. The lowest BCUT2D eigenvalue weighted by molar-refractivity contribution is 0.751. The zero-order valence-electron chi connectivity index (χ0n) is 11.1. The summed E-state index contributed by atoms with van der Waals surface area (Å²) in [6, 6.07) is 2.05. The predicted octanol–water partition coefficient (Wildman–Crippen LogP) is 2.21. The highest BCUT2D eigenvalue weighted by Crippen LogP contribution is 2.21. The zero-order valence-corrected chi connectivity index (χ0v) is 11.9. The minimum atomic E-state index is 0.419. The maximum Gasteiger partial charge on any atom is 0.195 e. The van der Waals surface area contributed by atoms with Crippen molar-refractivity contribution in [1.82, 2.24) is 19.2 Å². The number of thiazole rings is 1. The molecule has 0 spiro atoms. The molecule has 0 fully saturated rings.